The molecule has 9 aromatic carbocycles. The fourth-order valence-electron chi connectivity index (χ4n) is 7.51. The zero-order valence-electron chi connectivity index (χ0n) is 27.6. The van der Waals surface area contributed by atoms with Gasteiger partial charge in [0.1, 0.15) is 10.0 Å². The highest BCUT2D eigenvalue weighted by Crippen LogP contribution is 2.46. The summed E-state index contributed by atoms with van der Waals surface area (Å²) in [5.41, 5.74) is 9.48. The molecule has 0 saturated carbocycles. The Bertz CT molecular complexity index is 2910. The van der Waals surface area contributed by atoms with Crippen LogP contribution in [0.25, 0.3) is 97.6 Å². The van der Waals surface area contributed by atoms with Crippen molar-refractivity contribution in [1.29, 1.82) is 0 Å². The second-order valence-corrected chi connectivity index (χ2v) is 14.0. The van der Waals surface area contributed by atoms with Crippen LogP contribution in [0.5, 0.6) is 0 Å². The standard InChI is InChI=1S/C48H30N2S/c1-2-12-34(13-3-1)47-49-50-48(51-47)35-22-18-33(19-23-35)38-26-27-43-44(30-38)46(40-25-21-32-11-5-7-15-37(32)29-40)42-17-9-8-16-41(42)45(43)39-24-20-31-10-4-6-14-36(31)28-39/h1-30H. The second kappa shape index (κ2) is 12.2. The molecule has 0 fully saturated rings. The van der Waals surface area contributed by atoms with Crippen molar-refractivity contribution in [2.45, 2.75) is 0 Å². The largest absolute Gasteiger partial charge is 0.148 e. The van der Waals surface area contributed by atoms with Crippen LogP contribution >= 0.6 is 11.3 Å². The van der Waals surface area contributed by atoms with Crippen LogP contribution in [0.1, 0.15) is 0 Å². The fraction of sp³-hybridized carbons (Fsp3) is 0. The first-order valence-electron chi connectivity index (χ1n) is 17.2. The van der Waals surface area contributed by atoms with Gasteiger partial charge in [-0.2, -0.15) is 0 Å². The van der Waals surface area contributed by atoms with E-state index in [1.165, 1.54) is 76.5 Å². The molecule has 0 unspecified atom stereocenters. The first-order valence-corrected chi connectivity index (χ1v) is 18.1. The van der Waals surface area contributed by atoms with Crippen molar-refractivity contribution in [2.75, 3.05) is 0 Å². The summed E-state index contributed by atoms with van der Waals surface area (Å²) in [4.78, 5) is 0. The normalized spacial score (nSPS) is 11.5. The van der Waals surface area contributed by atoms with Gasteiger partial charge in [0.15, 0.2) is 0 Å². The van der Waals surface area contributed by atoms with Crippen molar-refractivity contribution in [2.24, 2.45) is 0 Å². The molecular weight excluding hydrogens is 637 g/mol. The summed E-state index contributed by atoms with van der Waals surface area (Å²) in [5, 5.41) is 20.8. The molecule has 0 aliphatic rings. The van der Waals surface area contributed by atoms with Crippen LogP contribution in [0, 0.1) is 0 Å². The van der Waals surface area contributed by atoms with Gasteiger partial charge in [0, 0.05) is 11.1 Å². The average molecular weight is 667 g/mol. The Labute approximate surface area is 299 Å². The van der Waals surface area contributed by atoms with Crippen molar-refractivity contribution in [1.82, 2.24) is 10.2 Å². The van der Waals surface area contributed by atoms with Crippen molar-refractivity contribution < 1.29 is 0 Å². The topological polar surface area (TPSA) is 25.8 Å². The van der Waals surface area contributed by atoms with Crippen LogP contribution in [-0.4, -0.2) is 10.2 Å². The summed E-state index contributed by atoms with van der Waals surface area (Å²) in [5.74, 6) is 0. The number of hydrogen-bond donors (Lipinski definition) is 0. The minimum Gasteiger partial charge on any atom is -0.138 e. The van der Waals surface area contributed by atoms with Gasteiger partial charge in [-0.25, -0.2) is 0 Å². The van der Waals surface area contributed by atoms with Crippen LogP contribution in [0.2, 0.25) is 0 Å². The highest BCUT2D eigenvalue weighted by molar-refractivity contribution is 7.17. The van der Waals surface area contributed by atoms with E-state index >= 15 is 0 Å². The maximum atomic E-state index is 4.53. The molecule has 1 heterocycles. The smallest absolute Gasteiger partial charge is 0.138 e. The van der Waals surface area contributed by atoms with E-state index in [9.17, 15) is 0 Å². The maximum Gasteiger partial charge on any atom is 0.148 e. The van der Waals surface area contributed by atoms with Gasteiger partial charge >= 0.3 is 0 Å². The van der Waals surface area contributed by atoms with Crippen molar-refractivity contribution in [3.05, 3.63) is 182 Å². The maximum absolute atomic E-state index is 4.53. The lowest BCUT2D eigenvalue weighted by Gasteiger charge is -2.19. The molecule has 3 heteroatoms. The summed E-state index contributed by atoms with van der Waals surface area (Å²) < 4.78 is 0. The molecule has 10 rings (SSSR count). The van der Waals surface area contributed by atoms with Gasteiger partial charge in [-0.3, -0.25) is 0 Å². The fourth-order valence-corrected chi connectivity index (χ4v) is 8.37. The number of rotatable bonds is 5. The minimum absolute atomic E-state index is 0.920. The number of nitrogens with zero attached hydrogens (tertiary/aromatic N) is 2. The molecule has 51 heavy (non-hydrogen) atoms. The van der Waals surface area contributed by atoms with Crippen LogP contribution in [0.3, 0.4) is 0 Å². The molecule has 0 atom stereocenters. The van der Waals surface area contributed by atoms with E-state index in [1.54, 1.807) is 11.3 Å². The lowest BCUT2D eigenvalue weighted by atomic mass is 9.84. The molecule has 1 aromatic heterocycles. The Morgan fingerprint density at radius 1 is 0.275 bits per heavy atom. The molecule has 0 N–H and O–H groups in total. The third kappa shape index (κ3) is 5.18. The SMILES string of the molecule is c1ccc(-c2nnc(-c3ccc(-c4ccc5c(-c6ccc7ccccc7c6)c6ccccc6c(-c6ccc7ccccc7c6)c5c4)cc3)s2)cc1. The Morgan fingerprint density at radius 3 is 1.31 bits per heavy atom. The Kier molecular flexibility index (Phi) is 7.04. The quantitative estimate of drug-likeness (QED) is 0.171. The summed E-state index contributed by atoms with van der Waals surface area (Å²) in [6.07, 6.45) is 0. The third-order valence-electron chi connectivity index (χ3n) is 10.0. The zero-order chi connectivity index (χ0) is 33.7. The molecule has 2 nitrogen and oxygen atoms in total. The molecular formula is C48H30N2S. The molecule has 0 aliphatic heterocycles. The summed E-state index contributed by atoms with van der Waals surface area (Å²) in [7, 11) is 0. The van der Waals surface area contributed by atoms with Crippen LogP contribution in [0.4, 0.5) is 0 Å². The van der Waals surface area contributed by atoms with Crippen LogP contribution in [0.15, 0.2) is 182 Å². The molecule has 10 aromatic rings. The summed E-state index contributed by atoms with van der Waals surface area (Å²) in [6.45, 7) is 0. The molecule has 0 radical (unpaired) electrons. The molecule has 0 spiro atoms. The van der Waals surface area contributed by atoms with E-state index in [-0.39, 0.29) is 0 Å². The number of hydrogen-bond acceptors (Lipinski definition) is 3. The average Bonchev–Trinajstić information content (AvgIpc) is 3.70. The van der Waals surface area contributed by atoms with Gasteiger partial charge in [-0.15, -0.1) is 10.2 Å². The first-order chi connectivity index (χ1) is 25.3. The lowest BCUT2D eigenvalue weighted by Crippen LogP contribution is -1.92. The predicted molar refractivity (Wildman–Crippen MR) is 217 cm³/mol. The highest BCUT2D eigenvalue weighted by Gasteiger charge is 2.18. The van der Waals surface area contributed by atoms with E-state index in [1.807, 2.05) is 18.2 Å². The molecule has 0 saturated heterocycles. The number of benzene rings is 9. The zero-order valence-corrected chi connectivity index (χ0v) is 28.4. The monoisotopic (exact) mass is 666 g/mol. The second-order valence-electron chi connectivity index (χ2n) is 13.0. The van der Waals surface area contributed by atoms with Gasteiger partial charge in [-0.05, 0) is 94.7 Å². The molecule has 0 aliphatic carbocycles. The van der Waals surface area contributed by atoms with Gasteiger partial charge in [0.25, 0.3) is 0 Å². The number of fused-ring (bicyclic) bond motifs is 4. The van der Waals surface area contributed by atoms with Crippen LogP contribution in [-0.2, 0) is 0 Å². The predicted octanol–water partition coefficient (Wildman–Crippen LogP) is 13.5. The molecule has 0 amide bonds. The van der Waals surface area contributed by atoms with Crippen LogP contribution < -0.4 is 0 Å². The third-order valence-corrected chi connectivity index (χ3v) is 11.0. The van der Waals surface area contributed by atoms with E-state index in [4.69, 9.17) is 0 Å². The first kappa shape index (κ1) is 29.5. The van der Waals surface area contributed by atoms with E-state index in [0.717, 1.165) is 21.1 Å². The van der Waals surface area contributed by atoms with Gasteiger partial charge in [-0.1, -0.05) is 175 Å². The molecule has 238 valence electrons. The minimum atomic E-state index is 0.920. The van der Waals surface area contributed by atoms with Crippen molar-refractivity contribution in [3.63, 3.8) is 0 Å². The summed E-state index contributed by atoms with van der Waals surface area (Å²) >= 11 is 1.62. The van der Waals surface area contributed by atoms with Crippen molar-refractivity contribution >= 4 is 54.4 Å². The number of aromatic nitrogens is 2. The van der Waals surface area contributed by atoms with E-state index < -0.39 is 0 Å². The van der Waals surface area contributed by atoms with E-state index in [2.05, 4.69) is 174 Å². The Morgan fingerprint density at radius 2 is 0.706 bits per heavy atom. The van der Waals surface area contributed by atoms with Crippen molar-refractivity contribution in [3.8, 4) is 54.5 Å². The highest BCUT2D eigenvalue weighted by atomic mass is 32.1. The van der Waals surface area contributed by atoms with Gasteiger partial charge in [0.05, 0.1) is 0 Å². The lowest BCUT2D eigenvalue weighted by molar-refractivity contribution is 1.10. The molecule has 0 bridgehead atoms. The Balaban J connectivity index is 1.17. The van der Waals surface area contributed by atoms with Gasteiger partial charge in [0.2, 0.25) is 0 Å². The van der Waals surface area contributed by atoms with E-state index in [0.29, 0.717) is 0 Å². The summed E-state index contributed by atoms with van der Waals surface area (Å²) in [6, 6.07) is 65.9. The Hall–Kier alpha value is -6.42. The van der Waals surface area contributed by atoms with Gasteiger partial charge < -0.3 is 0 Å².